The van der Waals surface area contributed by atoms with Crippen LogP contribution in [0.5, 0.6) is 0 Å². The summed E-state index contributed by atoms with van der Waals surface area (Å²) in [7, 11) is -3.55. The standard InChI is InChI=1S/C12H23NO5S/c1-9(2)7-11(12(14)15)13-19(16,17)6-4-10-3-5-18-8-10/h9-11,13H,3-8H2,1-2H3,(H,14,15)/t10?,11-/m1/s1. The van der Waals surface area contributed by atoms with Gasteiger partial charge in [0.15, 0.2) is 0 Å². The van der Waals surface area contributed by atoms with Gasteiger partial charge in [0, 0.05) is 13.2 Å². The first kappa shape index (κ1) is 16.4. The van der Waals surface area contributed by atoms with Crippen LogP contribution in [0.4, 0.5) is 0 Å². The lowest BCUT2D eigenvalue weighted by molar-refractivity contribution is -0.139. The van der Waals surface area contributed by atoms with Crippen molar-refractivity contribution in [1.29, 1.82) is 0 Å². The summed E-state index contributed by atoms with van der Waals surface area (Å²) in [6.07, 6.45) is 1.69. The van der Waals surface area contributed by atoms with Gasteiger partial charge < -0.3 is 9.84 Å². The van der Waals surface area contributed by atoms with Crippen LogP contribution in [0.3, 0.4) is 0 Å². The summed E-state index contributed by atoms with van der Waals surface area (Å²) >= 11 is 0. The fourth-order valence-corrected chi connectivity index (χ4v) is 3.47. The molecule has 0 amide bonds. The third-order valence-corrected chi connectivity index (χ3v) is 4.56. The molecule has 1 saturated heterocycles. The Morgan fingerprint density at radius 2 is 2.16 bits per heavy atom. The van der Waals surface area contributed by atoms with Crippen LogP contribution in [0.1, 0.15) is 33.1 Å². The molecular weight excluding hydrogens is 270 g/mol. The molecule has 0 spiro atoms. The van der Waals surface area contributed by atoms with Crippen LogP contribution in [0.25, 0.3) is 0 Å². The quantitative estimate of drug-likeness (QED) is 0.691. The number of carboxylic acids is 1. The average molecular weight is 293 g/mol. The molecule has 0 aliphatic carbocycles. The Morgan fingerprint density at radius 1 is 1.47 bits per heavy atom. The number of hydrogen-bond donors (Lipinski definition) is 2. The Morgan fingerprint density at radius 3 is 2.63 bits per heavy atom. The van der Waals surface area contributed by atoms with E-state index >= 15 is 0 Å². The monoisotopic (exact) mass is 293 g/mol. The van der Waals surface area contributed by atoms with Gasteiger partial charge in [0.25, 0.3) is 0 Å². The molecule has 1 fully saturated rings. The Hall–Kier alpha value is -0.660. The molecular formula is C12H23NO5S. The van der Waals surface area contributed by atoms with E-state index in [2.05, 4.69) is 4.72 Å². The highest BCUT2D eigenvalue weighted by Crippen LogP contribution is 2.17. The molecule has 1 aliphatic rings. The largest absolute Gasteiger partial charge is 0.480 e. The third-order valence-electron chi connectivity index (χ3n) is 3.15. The number of sulfonamides is 1. The average Bonchev–Trinajstić information content (AvgIpc) is 2.77. The molecule has 1 aliphatic heterocycles. The van der Waals surface area contributed by atoms with E-state index in [0.29, 0.717) is 26.1 Å². The van der Waals surface area contributed by atoms with Gasteiger partial charge in [0.1, 0.15) is 6.04 Å². The number of carboxylic acid groups (broad SMARTS) is 1. The summed E-state index contributed by atoms with van der Waals surface area (Å²) in [4.78, 5) is 11.0. The zero-order valence-electron chi connectivity index (χ0n) is 11.5. The highest BCUT2D eigenvalue weighted by Gasteiger charge is 2.26. The molecule has 0 bridgehead atoms. The Kier molecular flexibility index (Phi) is 6.22. The fourth-order valence-electron chi connectivity index (χ4n) is 2.08. The van der Waals surface area contributed by atoms with Gasteiger partial charge in [-0.05, 0) is 31.1 Å². The molecule has 1 unspecified atom stereocenters. The molecule has 0 saturated carbocycles. The summed E-state index contributed by atoms with van der Waals surface area (Å²) in [6, 6.07) is -1.04. The molecule has 19 heavy (non-hydrogen) atoms. The Bertz CT molecular complexity index is 387. The number of ether oxygens (including phenoxy) is 1. The number of rotatable bonds is 8. The predicted molar refractivity (Wildman–Crippen MR) is 71.3 cm³/mol. The zero-order chi connectivity index (χ0) is 14.5. The first-order valence-corrected chi connectivity index (χ1v) is 8.26. The highest BCUT2D eigenvalue weighted by atomic mass is 32.2. The van der Waals surface area contributed by atoms with Crippen molar-refractivity contribution in [1.82, 2.24) is 4.72 Å². The molecule has 0 radical (unpaired) electrons. The lowest BCUT2D eigenvalue weighted by Crippen LogP contribution is -2.42. The predicted octanol–water partition coefficient (Wildman–Crippen LogP) is 0.832. The van der Waals surface area contributed by atoms with E-state index in [-0.39, 0.29) is 17.6 Å². The van der Waals surface area contributed by atoms with E-state index in [4.69, 9.17) is 9.84 Å². The van der Waals surface area contributed by atoms with Crippen molar-refractivity contribution in [2.45, 2.75) is 39.2 Å². The molecule has 0 aromatic carbocycles. The first-order valence-electron chi connectivity index (χ1n) is 6.60. The van der Waals surface area contributed by atoms with Gasteiger partial charge in [-0.3, -0.25) is 4.79 Å². The van der Waals surface area contributed by atoms with Crippen LogP contribution >= 0.6 is 0 Å². The van der Waals surface area contributed by atoms with Crippen molar-refractivity contribution in [3.05, 3.63) is 0 Å². The molecule has 2 atom stereocenters. The van der Waals surface area contributed by atoms with Crippen LogP contribution in [0, 0.1) is 11.8 Å². The van der Waals surface area contributed by atoms with Gasteiger partial charge in [-0.25, -0.2) is 13.1 Å². The second-order valence-corrected chi connectivity index (χ2v) is 7.35. The number of nitrogens with one attached hydrogen (secondary N) is 1. The molecule has 2 N–H and O–H groups in total. The van der Waals surface area contributed by atoms with Crippen LogP contribution in [0.2, 0.25) is 0 Å². The summed E-state index contributed by atoms with van der Waals surface area (Å²) in [5.41, 5.74) is 0. The Balaban J connectivity index is 2.48. The minimum Gasteiger partial charge on any atom is -0.480 e. The highest BCUT2D eigenvalue weighted by molar-refractivity contribution is 7.89. The zero-order valence-corrected chi connectivity index (χ0v) is 12.3. The van der Waals surface area contributed by atoms with Gasteiger partial charge in [-0.15, -0.1) is 0 Å². The number of hydrogen-bond acceptors (Lipinski definition) is 4. The van der Waals surface area contributed by atoms with Crippen molar-refractivity contribution in [3.63, 3.8) is 0 Å². The lowest BCUT2D eigenvalue weighted by atomic mass is 10.1. The number of aliphatic carboxylic acids is 1. The topological polar surface area (TPSA) is 92.7 Å². The van der Waals surface area contributed by atoms with Crippen LogP contribution in [-0.2, 0) is 19.6 Å². The molecule has 0 aromatic rings. The minimum absolute atomic E-state index is 0.0388. The SMILES string of the molecule is CC(C)C[C@@H](NS(=O)(=O)CCC1CCOC1)C(=O)O. The smallest absolute Gasteiger partial charge is 0.321 e. The van der Waals surface area contributed by atoms with Crippen molar-refractivity contribution >= 4 is 16.0 Å². The van der Waals surface area contributed by atoms with E-state index < -0.39 is 22.0 Å². The van der Waals surface area contributed by atoms with Gasteiger partial charge >= 0.3 is 5.97 Å². The van der Waals surface area contributed by atoms with Crippen LogP contribution < -0.4 is 4.72 Å². The van der Waals surface area contributed by atoms with Crippen molar-refractivity contribution in [2.75, 3.05) is 19.0 Å². The number of carbonyl (C=O) groups is 1. The lowest BCUT2D eigenvalue weighted by Gasteiger charge is -2.17. The molecule has 112 valence electrons. The van der Waals surface area contributed by atoms with E-state index in [0.717, 1.165) is 6.42 Å². The molecule has 1 heterocycles. The summed E-state index contributed by atoms with van der Waals surface area (Å²) < 4.78 is 31.2. The summed E-state index contributed by atoms with van der Waals surface area (Å²) in [5.74, 6) is -0.776. The maximum absolute atomic E-state index is 11.9. The third kappa shape index (κ3) is 6.35. The van der Waals surface area contributed by atoms with Gasteiger partial charge in [-0.1, -0.05) is 13.8 Å². The maximum atomic E-state index is 11.9. The first-order chi connectivity index (χ1) is 8.80. The second-order valence-electron chi connectivity index (χ2n) is 5.48. The van der Waals surface area contributed by atoms with E-state index in [1.165, 1.54) is 0 Å². The van der Waals surface area contributed by atoms with Crippen molar-refractivity contribution in [3.8, 4) is 0 Å². The van der Waals surface area contributed by atoms with Crippen LogP contribution in [0.15, 0.2) is 0 Å². The summed E-state index contributed by atoms with van der Waals surface area (Å²) in [6.45, 7) is 5.01. The maximum Gasteiger partial charge on any atom is 0.321 e. The van der Waals surface area contributed by atoms with Crippen LogP contribution in [-0.4, -0.2) is 44.5 Å². The van der Waals surface area contributed by atoms with Gasteiger partial charge in [0.05, 0.1) is 5.75 Å². The van der Waals surface area contributed by atoms with E-state index in [1.54, 1.807) is 0 Å². The summed E-state index contributed by atoms with van der Waals surface area (Å²) in [5, 5.41) is 9.02. The fraction of sp³-hybridized carbons (Fsp3) is 0.917. The Labute approximate surface area is 114 Å². The van der Waals surface area contributed by atoms with E-state index in [9.17, 15) is 13.2 Å². The molecule has 1 rings (SSSR count). The van der Waals surface area contributed by atoms with Crippen molar-refractivity contribution in [2.24, 2.45) is 11.8 Å². The van der Waals surface area contributed by atoms with Crippen molar-refractivity contribution < 1.29 is 23.1 Å². The molecule has 6 nitrogen and oxygen atoms in total. The molecule has 0 aromatic heterocycles. The second kappa shape index (κ2) is 7.21. The van der Waals surface area contributed by atoms with E-state index in [1.807, 2.05) is 13.8 Å². The van der Waals surface area contributed by atoms with Gasteiger partial charge in [-0.2, -0.15) is 0 Å². The minimum atomic E-state index is -3.55. The molecule has 7 heteroatoms. The van der Waals surface area contributed by atoms with Gasteiger partial charge in [0.2, 0.25) is 10.0 Å². The normalized spacial score (nSPS) is 21.7.